The van der Waals surface area contributed by atoms with Gasteiger partial charge in [0.05, 0.1) is 0 Å². The standard InChI is InChI=1S/C12H6BrClF2N2O/c13-6-4-7(15)11(8(16)5-6)12(19)18-10-3-1-2-9(14)17-10/h1-5H,(H,17,18,19). The van der Waals surface area contributed by atoms with Gasteiger partial charge in [-0.25, -0.2) is 13.8 Å². The second-order valence-corrected chi connectivity index (χ2v) is 4.85. The van der Waals surface area contributed by atoms with Crippen LogP contribution in [0.1, 0.15) is 10.4 Å². The molecule has 2 aromatic rings. The second kappa shape index (κ2) is 5.63. The molecule has 0 aliphatic heterocycles. The molecule has 0 unspecified atom stereocenters. The largest absolute Gasteiger partial charge is 0.306 e. The van der Waals surface area contributed by atoms with Gasteiger partial charge in [-0.2, -0.15) is 0 Å². The molecule has 19 heavy (non-hydrogen) atoms. The van der Waals surface area contributed by atoms with Crippen LogP contribution in [0.3, 0.4) is 0 Å². The van der Waals surface area contributed by atoms with Crippen LogP contribution in [-0.4, -0.2) is 10.9 Å². The molecule has 0 atom stereocenters. The number of amides is 1. The third-order valence-electron chi connectivity index (χ3n) is 2.19. The Labute approximate surface area is 120 Å². The summed E-state index contributed by atoms with van der Waals surface area (Å²) in [7, 11) is 0. The van der Waals surface area contributed by atoms with Crippen molar-refractivity contribution in [3.8, 4) is 0 Å². The monoisotopic (exact) mass is 346 g/mol. The van der Waals surface area contributed by atoms with E-state index in [0.717, 1.165) is 12.1 Å². The Hall–Kier alpha value is -1.53. The molecular formula is C12H6BrClF2N2O. The van der Waals surface area contributed by atoms with Gasteiger partial charge in [-0.3, -0.25) is 4.79 Å². The summed E-state index contributed by atoms with van der Waals surface area (Å²) >= 11 is 8.57. The average Bonchev–Trinajstić information content (AvgIpc) is 2.27. The predicted molar refractivity (Wildman–Crippen MR) is 71.3 cm³/mol. The topological polar surface area (TPSA) is 42.0 Å². The van der Waals surface area contributed by atoms with E-state index in [-0.39, 0.29) is 15.4 Å². The molecule has 0 bridgehead atoms. The van der Waals surface area contributed by atoms with Crippen LogP contribution in [0.2, 0.25) is 5.15 Å². The normalized spacial score (nSPS) is 10.3. The van der Waals surface area contributed by atoms with Gasteiger partial charge in [-0.15, -0.1) is 0 Å². The first-order chi connectivity index (χ1) is 8.97. The lowest BCUT2D eigenvalue weighted by atomic mass is 10.2. The van der Waals surface area contributed by atoms with Crippen LogP contribution in [-0.2, 0) is 0 Å². The number of hydrogen-bond donors (Lipinski definition) is 1. The second-order valence-electron chi connectivity index (χ2n) is 3.54. The number of hydrogen-bond acceptors (Lipinski definition) is 2. The summed E-state index contributed by atoms with van der Waals surface area (Å²) < 4.78 is 27.3. The van der Waals surface area contributed by atoms with Crippen molar-refractivity contribution in [1.29, 1.82) is 0 Å². The third-order valence-corrected chi connectivity index (χ3v) is 2.86. The van der Waals surface area contributed by atoms with E-state index in [1.807, 2.05) is 0 Å². The maximum atomic E-state index is 13.6. The first-order valence-corrected chi connectivity index (χ1v) is 6.23. The number of pyridine rings is 1. The number of anilines is 1. The lowest BCUT2D eigenvalue weighted by Gasteiger charge is -2.07. The fraction of sp³-hybridized carbons (Fsp3) is 0. The lowest BCUT2D eigenvalue weighted by molar-refractivity contribution is 0.101. The summed E-state index contributed by atoms with van der Waals surface area (Å²) in [5, 5.41) is 2.43. The molecule has 0 saturated heterocycles. The number of carbonyl (C=O) groups excluding carboxylic acids is 1. The Balaban J connectivity index is 2.31. The Morgan fingerprint density at radius 3 is 2.47 bits per heavy atom. The Morgan fingerprint density at radius 2 is 1.89 bits per heavy atom. The van der Waals surface area contributed by atoms with Gasteiger partial charge in [0, 0.05) is 4.47 Å². The fourth-order valence-electron chi connectivity index (χ4n) is 1.42. The van der Waals surface area contributed by atoms with Gasteiger partial charge in [0.1, 0.15) is 28.2 Å². The van der Waals surface area contributed by atoms with Gasteiger partial charge in [0.25, 0.3) is 5.91 Å². The summed E-state index contributed by atoms with van der Waals surface area (Å²) in [6, 6.07) is 6.53. The number of rotatable bonds is 2. The number of nitrogens with one attached hydrogen (secondary N) is 1. The van der Waals surface area contributed by atoms with Gasteiger partial charge in [-0.1, -0.05) is 33.6 Å². The molecule has 0 aliphatic rings. The van der Waals surface area contributed by atoms with Crippen LogP contribution in [0.5, 0.6) is 0 Å². The zero-order valence-corrected chi connectivity index (χ0v) is 11.6. The van der Waals surface area contributed by atoms with E-state index >= 15 is 0 Å². The van der Waals surface area contributed by atoms with Crippen molar-refractivity contribution in [2.45, 2.75) is 0 Å². The molecule has 3 nitrogen and oxygen atoms in total. The van der Waals surface area contributed by atoms with Crippen LogP contribution in [0.25, 0.3) is 0 Å². The number of carbonyl (C=O) groups is 1. The molecule has 0 fully saturated rings. The molecular weight excluding hydrogens is 341 g/mol. The summed E-state index contributed by atoms with van der Waals surface area (Å²) in [6.07, 6.45) is 0. The number of benzene rings is 1. The molecule has 98 valence electrons. The maximum absolute atomic E-state index is 13.6. The van der Waals surface area contributed by atoms with Crippen molar-refractivity contribution in [2.24, 2.45) is 0 Å². The van der Waals surface area contributed by atoms with E-state index in [1.165, 1.54) is 12.1 Å². The molecule has 0 radical (unpaired) electrons. The maximum Gasteiger partial charge on any atom is 0.262 e. The number of halogens is 4. The molecule has 1 N–H and O–H groups in total. The lowest BCUT2D eigenvalue weighted by Crippen LogP contribution is -2.16. The third kappa shape index (κ3) is 3.27. The Kier molecular flexibility index (Phi) is 4.11. The van der Waals surface area contributed by atoms with E-state index in [0.29, 0.717) is 0 Å². The molecule has 1 heterocycles. The van der Waals surface area contributed by atoms with Crippen LogP contribution in [0, 0.1) is 11.6 Å². The van der Waals surface area contributed by atoms with E-state index in [2.05, 4.69) is 26.2 Å². The Morgan fingerprint density at radius 1 is 1.26 bits per heavy atom. The number of aromatic nitrogens is 1. The Bertz CT molecular complexity index is 628. The minimum absolute atomic E-state index is 0.110. The van der Waals surface area contributed by atoms with Crippen molar-refractivity contribution < 1.29 is 13.6 Å². The van der Waals surface area contributed by atoms with Crippen molar-refractivity contribution >= 4 is 39.3 Å². The van der Waals surface area contributed by atoms with Gasteiger partial charge < -0.3 is 5.32 Å². The molecule has 0 spiro atoms. The van der Waals surface area contributed by atoms with Gasteiger partial charge in [0.2, 0.25) is 0 Å². The smallest absolute Gasteiger partial charge is 0.262 e. The number of nitrogens with zero attached hydrogens (tertiary/aromatic N) is 1. The van der Waals surface area contributed by atoms with Crippen LogP contribution < -0.4 is 5.32 Å². The van der Waals surface area contributed by atoms with Gasteiger partial charge >= 0.3 is 0 Å². The van der Waals surface area contributed by atoms with Crippen molar-refractivity contribution in [2.75, 3.05) is 5.32 Å². The predicted octanol–water partition coefficient (Wildman–Crippen LogP) is 4.03. The van der Waals surface area contributed by atoms with Crippen molar-refractivity contribution in [3.05, 3.63) is 57.2 Å². The minimum atomic E-state index is -0.966. The first kappa shape index (κ1) is 13.9. The zero-order valence-electron chi connectivity index (χ0n) is 9.25. The summed E-state index contributed by atoms with van der Waals surface area (Å²) in [5.74, 6) is -2.76. The highest BCUT2D eigenvalue weighted by molar-refractivity contribution is 9.10. The van der Waals surface area contributed by atoms with E-state index in [9.17, 15) is 13.6 Å². The molecule has 1 aromatic carbocycles. The SMILES string of the molecule is O=C(Nc1cccc(Cl)n1)c1c(F)cc(Br)cc1F. The highest BCUT2D eigenvalue weighted by atomic mass is 79.9. The van der Waals surface area contributed by atoms with Gasteiger partial charge in [0.15, 0.2) is 0 Å². The average molecular weight is 348 g/mol. The van der Waals surface area contributed by atoms with E-state index < -0.39 is 23.1 Å². The van der Waals surface area contributed by atoms with Gasteiger partial charge in [-0.05, 0) is 24.3 Å². The summed E-state index contributed by atoms with van der Waals surface area (Å²) in [4.78, 5) is 15.6. The summed E-state index contributed by atoms with van der Waals surface area (Å²) in [5.41, 5.74) is -0.676. The molecule has 0 saturated carbocycles. The molecule has 7 heteroatoms. The highest BCUT2D eigenvalue weighted by Gasteiger charge is 2.18. The quantitative estimate of drug-likeness (QED) is 0.834. The van der Waals surface area contributed by atoms with E-state index in [4.69, 9.17) is 11.6 Å². The van der Waals surface area contributed by atoms with Crippen molar-refractivity contribution in [1.82, 2.24) is 4.98 Å². The van der Waals surface area contributed by atoms with Crippen LogP contribution in [0.4, 0.5) is 14.6 Å². The molecule has 2 rings (SSSR count). The molecule has 1 aromatic heterocycles. The van der Waals surface area contributed by atoms with E-state index in [1.54, 1.807) is 6.07 Å². The fourth-order valence-corrected chi connectivity index (χ4v) is 1.98. The highest BCUT2D eigenvalue weighted by Crippen LogP contribution is 2.20. The summed E-state index contributed by atoms with van der Waals surface area (Å²) in [6.45, 7) is 0. The van der Waals surface area contributed by atoms with Crippen LogP contribution >= 0.6 is 27.5 Å². The molecule has 1 amide bonds. The molecule has 0 aliphatic carbocycles. The first-order valence-electron chi connectivity index (χ1n) is 5.06. The minimum Gasteiger partial charge on any atom is -0.306 e. The van der Waals surface area contributed by atoms with Crippen LogP contribution in [0.15, 0.2) is 34.8 Å². The zero-order chi connectivity index (χ0) is 14.0. The van der Waals surface area contributed by atoms with Crippen molar-refractivity contribution in [3.63, 3.8) is 0 Å².